The zero-order valence-corrected chi connectivity index (χ0v) is 18.2. The molecule has 0 amide bonds. The Morgan fingerprint density at radius 2 is 1.73 bits per heavy atom. The van der Waals surface area contributed by atoms with Crippen molar-refractivity contribution < 1.29 is 0 Å². The van der Waals surface area contributed by atoms with Crippen LogP contribution in [0.4, 0.5) is 11.4 Å². The molecule has 30 heavy (non-hydrogen) atoms. The molecule has 4 nitrogen and oxygen atoms in total. The summed E-state index contributed by atoms with van der Waals surface area (Å²) in [5.41, 5.74) is 7.56. The maximum Gasteiger partial charge on any atom is 0.0558 e. The fraction of sp³-hybridized carbons (Fsp3) is 0.423. The van der Waals surface area contributed by atoms with Gasteiger partial charge < -0.3 is 15.5 Å². The molecule has 1 aliphatic heterocycles. The van der Waals surface area contributed by atoms with Crippen molar-refractivity contribution in [2.75, 3.05) is 30.4 Å². The van der Waals surface area contributed by atoms with E-state index in [4.69, 9.17) is 0 Å². The van der Waals surface area contributed by atoms with Crippen molar-refractivity contribution in [1.82, 2.24) is 10.3 Å². The van der Waals surface area contributed by atoms with Gasteiger partial charge in [0.15, 0.2) is 0 Å². The zero-order valence-electron chi connectivity index (χ0n) is 18.2. The van der Waals surface area contributed by atoms with Gasteiger partial charge in [0, 0.05) is 54.9 Å². The molecule has 158 valence electrons. The summed E-state index contributed by atoms with van der Waals surface area (Å²) in [5, 5.41) is 6.91. The highest BCUT2D eigenvalue weighted by Crippen LogP contribution is 2.33. The Morgan fingerprint density at radius 3 is 2.47 bits per heavy atom. The Morgan fingerprint density at radius 1 is 0.967 bits per heavy atom. The molecule has 1 saturated carbocycles. The number of hydrogen-bond donors (Lipinski definition) is 2. The number of aromatic nitrogens is 1. The first-order chi connectivity index (χ1) is 14.7. The number of hydrogen-bond acceptors (Lipinski definition) is 4. The normalized spacial score (nSPS) is 17.0. The van der Waals surface area contributed by atoms with E-state index < -0.39 is 0 Å². The van der Waals surface area contributed by atoms with Crippen LogP contribution in [-0.4, -0.2) is 31.2 Å². The number of allylic oxidation sites excluding steroid dienone is 1. The fourth-order valence-electron chi connectivity index (χ4n) is 4.67. The molecule has 2 heterocycles. The lowest BCUT2D eigenvalue weighted by molar-refractivity contribution is 0.577. The van der Waals surface area contributed by atoms with Gasteiger partial charge in [0.25, 0.3) is 0 Å². The van der Waals surface area contributed by atoms with Gasteiger partial charge >= 0.3 is 0 Å². The predicted molar refractivity (Wildman–Crippen MR) is 129 cm³/mol. The lowest BCUT2D eigenvalue weighted by atomic mass is 9.96. The first kappa shape index (κ1) is 20.5. The molecule has 1 aliphatic carbocycles. The van der Waals surface area contributed by atoms with Crippen LogP contribution in [0.3, 0.4) is 0 Å². The summed E-state index contributed by atoms with van der Waals surface area (Å²) in [7, 11) is 1.96. The van der Waals surface area contributed by atoms with E-state index in [1.54, 1.807) is 0 Å². The Bertz CT molecular complexity index is 905. The number of nitrogens with zero attached hydrogens (tertiary/aromatic N) is 2. The zero-order chi connectivity index (χ0) is 20.9. The minimum atomic E-state index is 0.529. The molecule has 2 N–H and O–H groups in total. The minimum Gasteiger partial charge on any atom is -0.388 e. The highest BCUT2D eigenvalue weighted by Gasteiger charge is 2.18. The van der Waals surface area contributed by atoms with Gasteiger partial charge in [-0.1, -0.05) is 32.1 Å². The van der Waals surface area contributed by atoms with Crippen molar-refractivity contribution in [3.63, 3.8) is 0 Å². The molecule has 0 bridgehead atoms. The quantitative estimate of drug-likeness (QED) is 0.571. The van der Waals surface area contributed by atoms with Crippen LogP contribution >= 0.6 is 0 Å². The molecule has 1 aromatic heterocycles. The summed E-state index contributed by atoms with van der Waals surface area (Å²) < 4.78 is 0. The van der Waals surface area contributed by atoms with Crippen molar-refractivity contribution >= 4 is 16.9 Å². The molecule has 1 aromatic carbocycles. The first-order valence-corrected chi connectivity index (χ1v) is 11.3. The Kier molecular flexibility index (Phi) is 6.41. The molecule has 4 rings (SSSR count). The third-order valence-electron chi connectivity index (χ3n) is 6.49. The second-order valence-corrected chi connectivity index (χ2v) is 8.57. The third kappa shape index (κ3) is 4.53. The minimum absolute atomic E-state index is 0.529. The molecule has 2 aliphatic rings. The summed E-state index contributed by atoms with van der Waals surface area (Å²) in [4.78, 5) is 7.00. The van der Waals surface area contributed by atoms with Crippen molar-refractivity contribution in [3.8, 4) is 11.1 Å². The van der Waals surface area contributed by atoms with Gasteiger partial charge in [0.2, 0.25) is 0 Å². The van der Waals surface area contributed by atoms with Crippen LogP contribution in [0.5, 0.6) is 0 Å². The van der Waals surface area contributed by atoms with Gasteiger partial charge in [-0.25, -0.2) is 0 Å². The van der Waals surface area contributed by atoms with Gasteiger partial charge in [-0.2, -0.15) is 0 Å². The van der Waals surface area contributed by atoms with E-state index in [1.807, 2.05) is 19.4 Å². The third-order valence-corrected chi connectivity index (χ3v) is 6.49. The van der Waals surface area contributed by atoms with Crippen molar-refractivity contribution in [2.45, 2.75) is 51.0 Å². The van der Waals surface area contributed by atoms with E-state index in [0.29, 0.717) is 6.04 Å². The fourth-order valence-corrected chi connectivity index (χ4v) is 4.67. The highest BCUT2D eigenvalue weighted by molar-refractivity contribution is 5.86. The average molecular weight is 403 g/mol. The average Bonchev–Trinajstić information content (AvgIpc) is 3.32. The summed E-state index contributed by atoms with van der Waals surface area (Å²) in [6.45, 7) is 10.9. The van der Waals surface area contributed by atoms with Crippen molar-refractivity contribution in [3.05, 3.63) is 61.1 Å². The SMILES string of the molecule is C=C(NC1CCCC1)C(=C)c1cc(-c2cncc(N3CCCCC3)c2)ccc1NC. The van der Waals surface area contributed by atoms with Crippen molar-refractivity contribution in [2.24, 2.45) is 0 Å². The molecular formula is C26H34N4. The van der Waals surface area contributed by atoms with Crippen LogP contribution in [0, 0.1) is 0 Å². The number of nitrogens with one attached hydrogen (secondary N) is 2. The second-order valence-electron chi connectivity index (χ2n) is 8.57. The lowest BCUT2D eigenvalue weighted by Crippen LogP contribution is -2.29. The van der Waals surface area contributed by atoms with Crippen LogP contribution < -0.4 is 15.5 Å². The number of piperidine rings is 1. The van der Waals surface area contributed by atoms with Crippen LogP contribution in [0.15, 0.2) is 55.5 Å². The van der Waals surface area contributed by atoms with Gasteiger partial charge in [-0.05, 0) is 61.4 Å². The van der Waals surface area contributed by atoms with E-state index in [9.17, 15) is 0 Å². The van der Waals surface area contributed by atoms with Crippen LogP contribution in [0.2, 0.25) is 0 Å². The summed E-state index contributed by atoms with van der Waals surface area (Å²) in [6, 6.07) is 9.30. The molecule has 0 unspecified atom stereocenters. The van der Waals surface area contributed by atoms with Gasteiger partial charge in [-0.15, -0.1) is 0 Å². The summed E-state index contributed by atoms with van der Waals surface area (Å²) in [5.74, 6) is 0. The highest BCUT2D eigenvalue weighted by atomic mass is 15.1. The number of anilines is 2. The lowest BCUT2D eigenvalue weighted by Gasteiger charge is -2.28. The first-order valence-electron chi connectivity index (χ1n) is 11.3. The molecule has 4 heteroatoms. The molecule has 2 fully saturated rings. The van der Waals surface area contributed by atoms with E-state index in [2.05, 4.69) is 57.9 Å². The molecule has 0 spiro atoms. The Labute approximate surface area is 181 Å². The van der Waals surface area contributed by atoms with E-state index in [1.165, 1.54) is 50.6 Å². The monoisotopic (exact) mass is 402 g/mol. The van der Waals surface area contributed by atoms with Crippen molar-refractivity contribution in [1.29, 1.82) is 0 Å². The molecule has 2 aromatic rings. The van der Waals surface area contributed by atoms with E-state index in [0.717, 1.165) is 46.7 Å². The largest absolute Gasteiger partial charge is 0.388 e. The maximum absolute atomic E-state index is 4.55. The van der Waals surface area contributed by atoms with Gasteiger partial charge in [-0.3, -0.25) is 4.98 Å². The maximum atomic E-state index is 4.55. The predicted octanol–water partition coefficient (Wildman–Crippen LogP) is 5.84. The summed E-state index contributed by atoms with van der Waals surface area (Å²) in [6.07, 6.45) is 12.9. The Hall–Kier alpha value is -2.75. The molecule has 1 saturated heterocycles. The topological polar surface area (TPSA) is 40.2 Å². The van der Waals surface area contributed by atoms with E-state index in [-0.39, 0.29) is 0 Å². The van der Waals surface area contributed by atoms with Gasteiger partial charge in [0.05, 0.1) is 11.9 Å². The van der Waals surface area contributed by atoms with Gasteiger partial charge in [0.1, 0.15) is 0 Å². The molecule has 0 radical (unpaired) electrons. The van der Waals surface area contributed by atoms with E-state index >= 15 is 0 Å². The number of rotatable bonds is 7. The standard InChI is InChI=1S/C26H34N4/c1-19(20(2)29-23-9-5-6-10-23)25-16-21(11-12-26(25)27-3)22-15-24(18-28-17-22)30-13-7-4-8-14-30/h11-12,15-18,23,27,29H,1-2,4-10,13-14H2,3H3. The van der Waals surface area contributed by atoms with Crippen LogP contribution in [0.25, 0.3) is 16.7 Å². The second kappa shape index (κ2) is 9.38. The number of benzene rings is 1. The molecular weight excluding hydrogens is 368 g/mol. The Balaban J connectivity index is 1.59. The summed E-state index contributed by atoms with van der Waals surface area (Å²) >= 11 is 0. The molecule has 0 atom stereocenters. The smallest absolute Gasteiger partial charge is 0.0558 e. The van der Waals surface area contributed by atoms with Crippen LogP contribution in [-0.2, 0) is 0 Å². The number of pyridine rings is 1. The van der Waals surface area contributed by atoms with Crippen LogP contribution in [0.1, 0.15) is 50.5 Å².